The highest BCUT2D eigenvalue weighted by Crippen LogP contribution is 1.99. The maximum Gasteiger partial charge on any atom is 0.265 e. The summed E-state index contributed by atoms with van der Waals surface area (Å²) in [6, 6.07) is 10.2. The average molecular weight is 241 g/mol. The highest BCUT2D eigenvalue weighted by molar-refractivity contribution is 5.14. The Morgan fingerprint density at radius 3 is 2.89 bits per heavy atom. The first-order valence-corrected chi connectivity index (χ1v) is 5.70. The van der Waals surface area contributed by atoms with Gasteiger partial charge in [0, 0.05) is 5.10 Å². The number of benzene rings is 1. The minimum absolute atomic E-state index is 0.648. The lowest BCUT2D eigenvalue weighted by molar-refractivity contribution is -0.690. The van der Waals surface area contributed by atoms with Crippen LogP contribution in [-0.2, 0) is 13.1 Å². The lowest BCUT2D eigenvalue weighted by Gasteiger charge is -1.94. The number of aromatic nitrogens is 6. The zero-order valence-electron chi connectivity index (χ0n) is 9.77. The van der Waals surface area contributed by atoms with Crippen LogP contribution in [0.3, 0.4) is 0 Å². The number of hydrogen-bond donors (Lipinski definition) is 1. The van der Waals surface area contributed by atoms with Crippen LogP contribution in [0.25, 0.3) is 0 Å². The molecule has 0 spiro atoms. The molecule has 3 aromatic rings. The molecule has 90 valence electrons. The van der Waals surface area contributed by atoms with Gasteiger partial charge in [-0.05, 0) is 5.56 Å². The molecule has 2 aromatic heterocycles. The van der Waals surface area contributed by atoms with Gasteiger partial charge in [0.25, 0.3) is 6.33 Å². The van der Waals surface area contributed by atoms with Crippen LogP contribution in [0, 0.1) is 0 Å². The molecule has 6 heteroatoms. The summed E-state index contributed by atoms with van der Waals surface area (Å²) in [5.74, 6) is 0.819. The molecule has 0 aliphatic carbocycles. The first kappa shape index (κ1) is 10.6. The van der Waals surface area contributed by atoms with Gasteiger partial charge in [0.1, 0.15) is 19.4 Å². The monoisotopic (exact) mass is 241 g/mol. The molecule has 0 fully saturated rings. The molecule has 0 atom stereocenters. The van der Waals surface area contributed by atoms with E-state index in [1.807, 2.05) is 33.8 Å². The predicted molar refractivity (Wildman–Crippen MR) is 63.5 cm³/mol. The van der Waals surface area contributed by atoms with Crippen molar-refractivity contribution in [2.75, 3.05) is 0 Å². The zero-order chi connectivity index (χ0) is 12.2. The number of aromatic amines is 1. The fourth-order valence-corrected chi connectivity index (χ4v) is 1.78. The minimum atomic E-state index is 0.648. The third-order valence-corrected chi connectivity index (χ3v) is 2.61. The minimum Gasteiger partial charge on any atom is -0.261 e. The fraction of sp³-hybridized carbons (Fsp3) is 0.167. The summed E-state index contributed by atoms with van der Waals surface area (Å²) in [6.07, 6.45) is 5.24. The van der Waals surface area contributed by atoms with E-state index in [4.69, 9.17) is 0 Å². The summed E-state index contributed by atoms with van der Waals surface area (Å²) in [6.45, 7) is 1.42. The average Bonchev–Trinajstić information content (AvgIpc) is 3.03. The van der Waals surface area contributed by atoms with Crippen molar-refractivity contribution in [3.05, 3.63) is 60.7 Å². The van der Waals surface area contributed by atoms with Crippen LogP contribution in [0.4, 0.5) is 0 Å². The smallest absolute Gasteiger partial charge is 0.261 e. The van der Waals surface area contributed by atoms with E-state index >= 15 is 0 Å². The summed E-state index contributed by atoms with van der Waals surface area (Å²) in [4.78, 5) is 4.08. The molecule has 0 saturated carbocycles. The molecule has 0 amide bonds. The second kappa shape index (κ2) is 4.79. The molecule has 0 aliphatic rings. The second-order valence-corrected chi connectivity index (χ2v) is 4.03. The molecule has 0 saturated heterocycles. The Hall–Kier alpha value is -2.50. The lowest BCUT2D eigenvalue weighted by Crippen LogP contribution is -2.32. The van der Waals surface area contributed by atoms with Crippen LogP contribution in [0.15, 0.2) is 49.3 Å². The number of nitrogens with zero attached hydrogens (tertiary/aromatic N) is 5. The van der Waals surface area contributed by atoms with Gasteiger partial charge in [0.05, 0.1) is 0 Å². The molecule has 6 nitrogen and oxygen atoms in total. The van der Waals surface area contributed by atoms with E-state index in [2.05, 4.69) is 32.4 Å². The van der Waals surface area contributed by atoms with Crippen LogP contribution < -0.4 is 4.57 Å². The summed E-state index contributed by atoms with van der Waals surface area (Å²) < 4.78 is 3.86. The number of hydrogen-bond acceptors (Lipinski definition) is 3. The molecule has 0 radical (unpaired) electrons. The molecule has 2 heterocycles. The molecule has 1 N–H and O–H groups in total. The van der Waals surface area contributed by atoms with Crippen molar-refractivity contribution in [1.82, 2.24) is 25.0 Å². The van der Waals surface area contributed by atoms with Crippen LogP contribution in [0.1, 0.15) is 11.4 Å². The van der Waals surface area contributed by atoms with Crippen molar-refractivity contribution in [3.8, 4) is 0 Å². The molecule has 0 aliphatic heterocycles. The van der Waals surface area contributed by atoms with Crippen molar-refractivity contribution in [2.24, 2.45) is 0 Å². The Morgan fingerprint density at radius 1 is 1.22 bits per heavy atom. The molecule has 18 heavy (non-hydrogen) atoms. The summed E-state index contributed by atoms with van der Waals surface area (Å²) in [5.41, 5.74) is 1.23. The van der Waals surface area contributed by atoms with Gasteiger partial charge in [-0.25, -0.2) is 9.55 Å². The van der Waals surface area contributed by atoms with Gasteiger partial charge in [-0.15, -0.1) is 4.68 Å². The zero-order valence-corrected chi connectivity index (χ0v) is 9.77. The van der Waals surface area contributed by atoms with Gasteiger partial charge in [0.15, 0.2) is 5.82 Å². The van der Waals surface area contributed by atoms with Crippen molar-refractivity contribution >= 4 is 0 Å². The van der Waals surface area contributed by atoms with Crippen molar-refractivity contribution < 1.29 is 4.57 Å². The molecule has 0 bridgehead atoms. The van der Waals surface area contributed by atoms with Crippen LogP contribution in [0.5, 0.6) is 0 Å². The second-order valence-electron chi connectivity index (χ2n) is 4.03. The largest absolute Gasteiger partial charge is 0.265 e. The third-order valence-electron chi connectivity index (χ3n) is 2.61. The highest BCUT2D eigenvalue weighted by Gasteiger charge is 2.08. The standard InChI is InChI=1S/C12H13N6/c1-2-4-11(5-3-1)6-18-10-17(9-15-18)7-12-13-8-14-16-12/h1-5,8-10H,6-7H2,(H,13,14,16)/q+1. The maximum atomic E-state index is 4.31. The first-order valence-electron chi connectivity index (χ1n) is 5.70. The van der Waals surface area contributed by atoms with Crippen LogP contribution in [-0.4, -0.2) is 25.0 Å². The highest BCUT2D eigenvalue weighted by atomic mass is 15.4. The van der Waals surface area contributed by atoms with Gasteiger partial charge in [-0.1, -0.05) is 30.3 Å². The Kier molecular flexibility index (Phi) is 2.83. The van der Waals surface area contributed by atoms with Crippen LogP contribution >= 0.6 is 0 Å². The summed E-state index contributed by atoms with van der Waals surface area (Å²) in [7, 11) is 0. The molecule has 0 unspecified atom stereocenters. The van der Waals surface area contributed by atoms with Crippen molar-refractivity contribution in [1.29, 1.82) is 0 Å². The van der Waals surface area contributed by atoms with Crippen molar-refractivity contribution in [3.63, 3.8) is 0 Å². The molecular weight excluding hydrogens is 228 g/mol. The summed E-state index contributed by atoms with van der Waals surface area (Å²) >= 11 is 0. The Labute approximate surface area is 104 Å². The quantitative estimate of drug-likeness (QED) is 0.672. The van der Waals surface area contributed by atoms with E-state index in [0.29, 0.717) is 6.54 Å². The number of H-pyrrole nitrogens is 1. The van der Waals surface area contributed by atoms with E-state index in [-0.39, 0.29) is 0 Å². The Bertz CT molecular complexity index is 599. The molecular formula is C12H13N6+. The van der Waals surface area contributed by atoms with E-state index < -0.39 is 0 Å². The van der Waals surface area contributed by atoms with Gasteiger partial charge in [-0.3, -0.25) is 5.10 Å². The number of rotatable bonds is 4. The van der Waals surface area contributed by atoms with E-state index in [1.54, 1.807) is 6.33 Å². The molecule has 3 rings (SSSR count). The first-order chi connectivity index (χ1) is 8.90. The normalized spacial score (nSPS) is 10.7. The Balaban J connectivity index is 1.70. The van der Waals surface area contributed by atoms with E-state index in [9.17, 15) is 0 Å². The van der Waals surface area contributed by atoms with Gasteiger partial charge < -0.3 is 0 Å². The maximum absolute atomic E-state index is 4.31. The van der Waals surface area contributed by atoms with Gasteiger partial charge in [0.2, 0.25) is 6.33 Å². The Morgan fingerprint density at radius 2 is 2.11 bits per heavy atom. The van der Waals surface area contributed by atoms with E-state index in [0.717, 1.165) is 12.4 Å². The van der Waals surface area contributed by atoms with Gasteiger partial charge in [-0.2, -0.15) is 5.10 Å². The third kappa shape index (κ3) is 2.42. The topological polar surface area (TPSA) is 63.3 Å². The van der Waals surface area contributed by atoms with Gasteiger partial charge >= 0.3 is 0 Å². The van der Waals surface area contributed by atoms with Crippen LogP contribution in [0.2, 0.25) is 0 Å². The molecule has 1 aromatic carbocycles. The van der Waals surface area contributed by atoms with Crippen molar-refractivity contribution in [2.45, 2.75) is 13.1 Å². The lowest BCUT2D eigenvalue weighted by atomic mass is 10.2. The SMILES string of the molecule is c1ccc(Cn2c[n+](Cc3ncn[nH]3)cn2)cc1. The number of nitrogens with one attached hydrogen (secondary N) is 1. The predicted octanol–water partition coefficient (Wildman–Crippen LogP) is 0.385. The van der Waals surface area contributed by atoms with E-state index in [1.165, 1.54) is 11.9 Å². The summed E-state index contributed by atoms with van der Waals surface area (Å²) in [5, 5.41) is 11.0. The fourth-order valence-electron chi connectivity index (χ4n) is 1.78.